The van der Waals surface area contributed by atoms with Crippen LogP contribution in [0.2, 0.25) is 10.0 Å². The number of carbonyl (C=O) groups is 1. The Balaban J connectivity index is 1.78. The molecule has 0 fully saturated rings. The van der Waals surface area contributed by atoms with E-state index in [-0.39, 0.29) is 18.3 Å². The van der Waals surface area contributed by atoms with Gasteiger partial charge in [-0.2, -0.15) is 0 Å². The highest BCUT2D eigenvalue weighted by Gasteiger charge is 2.22. The Bertz CT molecular complexity index is 1150. The zero-order valence-corrected chi connectivity index (χ0v) is 21.0. The number of benzene rings is 2. The van der Waals surface area contributed by atoms with Gasteiger partial charge in [0.15, 0.2) is 5.78 Å². The van der Waals surface area contributed by atoms with Crippen LogP contribution in [-0.4, -0.2) is 28.1 Å². The highest BCUT2D eigenvalue weighted by Crippen LogP contribution is 2.33. The van der Waals surface area contributed by atoms with Gasteiger partial charge in [-0.05, 0) is 62.7 Å². The van der Waals surface area contributed by atoms with Crippen LogP contribution < -0.4 is 4.74 Å². The van der Waals surface area contributed by atoms with E-state index in [0.29, 0.717) is 45.7 Å². The van der Waals surface area contributed by atoms with Crippen molar-refractivity contribution < 1.29 is 19.1 Å². The number of carbonyl (C=O) groups excluding carboxylic acids is 1. The van der Waals surface area contributed by atoms with Gasteiger partial charge in [-0.3, -0.25) is 4.79 Å². The summed E-state index contributed by atoms with van der Waals surface area (Å²) in [4.78, 5) is 17.6. The van der Waals surface area contributed by atoms with Crippen LogP contribution in [0.15, 0.2) is 40.8 Å². The lowest BCUT2D eigenvalue weighted by Gasteiger charge is -2.24. The molecule has 0 spiro atoms. The van der Waals surface area contributed by atoms with Gasteiger partial charge < -0.3 is 14.3 Å². The topological polar surface area (TPSA) is 72.6 Å². The minimum absolute atomic E-state index is 0.0178. The summed E-state index contributed by atoms with van der Waals surface area (Å²) >= 11 is 12.3. The molecule has 0 aliphatic carbocycles. The third-order valence-corrected chi connectivity index (χ3v) is 5.82. The summed E-state index contributed by atoms with van der Waals surface area (Å²) in [6.45, 7) is 9.42. The molecule has 2 aromatic carbocycles. The van der Waals surface area contributed by atoms with Crippen molar-refractivity contribution >= 4 is 29.0 Å². The average Bonchev–Trinajstić information content (AvgIpc) is 3.16. The van der Waals surface area contributed by atoms with Crippen LogP contribution in [0.1, 0.15) is 67.4 Å². The lowest BCUT2D eigenvalue weighted by molar-refractivity contribution is 0.0412. The van der Waals surface area contributed by atoms with Crippen LogP contribution >= 0.6 is 23.2 Å². The van der Waals surface area contributed by atoms with E-state index in [1.54, 1.807) is 44.2 Å². The number of ketones is 1. The highest BCUT2D eigenvalue weighted by molar-refractivity contribution is 6.36. The SMILES string of the molecule is Cc1cc(OC(C)(C)CO)ccc1C(=O)CCc1nc(-c2ccc(Cl)cc2Cl)oc1C(C)C. The van der Waals surface area contributed by atoms with Crippen molar-refractivity contribution in [2.24, 2.45) is 0 Å². The largest absolute Gasteiger partial charge is 0.485 e. The molecule has 176 valence electrons. The third-order valence-electron chi connectivity index (χ3n) is 5.28. The predicted octanol–water partition coefficient (Wildman–Crippen LogP) is 7.05. The number of hydrogen-bond donors (Lipinski definition) is 1. The number of hydrogen-bond acceptors (Lipinski definition) is 5. The second-order valence-electron chi connectivity index (χ2n) is 9.03. The van der Waals surface area contributed by atoms with Gasteiger partial charge in [0.2, 0.25) is 5.89 Å². The van der Waals surface area contributed by atoms with E-state index >= 15 is 0 Å². The van der Waals surface area contributed by atoms with E-state index in [4.69, 9.17) is 32.4 Å². The molecule has 7 heteroatoms. The van der Waals surface area contributed by atoms with Crippen molar-refractivity contribution in [3.05, 3.63) is 69.0 Å². The molecule has 3 rings (SSSR count). The Morgan fingerprint density at radius 1 is 1.18 bits per heavy atom. The molecule has 0 atom stereocenters. The molecular weight excluding hydrogens is 461 g/mol. The van der Waals surface area contributed by atoms with E-state index in [0.717, 1.165) is 17.0 Å². The number of halogens is 2. The van der Waals surface area contributed by atoms with Crippen LogP contribution in [0.4, 0.5) is 0 Å². The maximum atomic E-state index is 13.0. The molecule has 0 saturated carbocycles. The maximum Gasteiger partial charge on any atom is 0.228 e. The van der Waals surface area contributed by atoms with Crippen LogP contribution in [0, 0.1) is 6.92 Å². The monoisotopic (exact) mass is 489 g/mol. The standard InChI is InChI=1S/C26H29Cl2NO4/c1-15(2)24-22(29-25(32-24)20-8-6-17(27)13-21(20)28)10-11-23(31)19-9-7-18(12-16(19)3)33-26(4,5)14-30/h6-9,12-13,15,30H,10-11,14H2,1-5H3. The molecule has 1 aromatic heterocycles. The first-order valence-corrected chi connectivity index (χ1v) is 11.6. The third kappa shape index (κ3) is 6.17. The summed E-state index contributed by atoms with van der Waals surface area (Å²) < 4.78 is 11.8. The van der Waals surface area contributed by atoms with Crippen molar-refractivity contribution in [2.45, 2.75) is 59.0 Å². The summed E-state index contributed by atoms with van der Waals surface area (Å²) in [7, 11) is 0. The lowest BCUT2D eigenvalue weighted by atomic mass is 9.99. The zero-order chi connectivity index (χ0) is 24.3. The van der Waals surface area contributed by atoms with Crippen LogP contribution in [0.5, 0.6) is 5.75 Å². The highest BCUT2D eigenvalue weighted by atomic mass is 35.5. The average molecular weight is 490 g/mol. The van der Waals surface area contributed by atoms with Crippen molar-refractivity contribution in [1.29, 1.82) is 0 Å². The summed E-state index contributed by atoms with van der Waals surface area (Å²) in [5.41, 5.74) is 2.19. The van der Waals surface area contributed by atoms with Gasteiger partial charge in [0.05, 0.1) is 22.9 Å². The lowest BCUT2D eigenvalue weighted by Crippen LogP contribution is -2.32. The van der Waals surface area contributed by atoms with Gasteiger partial charge in [-0.15, -0.1) is 0 Å². The quantitative estimate of drug-likeness (QED) is 0.326. The fourth-order valence-electron chi connectivity index (χ4n) is 3.50. The van der Waals surface area contributed by atoms with E-state index in [1.807, 2.05) is 26.8 Å². The second-order valence-corrected chi connectivity index (χ2v) is 9.87. The first kappa shape index (κ1) is 25.3. The van der Waals surface area contributed by atoms with Crippen molar-refractivity contribution in [3.8, 4) is 17.2 Å². The number of aryl methyl sites for hydroxylation is 2. The van der Waals surface area contributed by atoms with Gasteiger partial charge >= 0.3 is 0 Å². The number of aromatic nitrogens is 1. The molecule has 0 saturated heterocycles. The molecule has 0 bridgehead atoms. The van der Waals surface area contributed by atoms with Crippen LogP contribution in [0.25, 0.3) is 11.5 Å². The van der Waals surface area contributed by atoms with Crippen molar-refractivity contribution in [1.82, 2.24) is 4.98 Å². The predicted molar refractivity (Wildman–Crippen MR) is 132 cm³/mol. The molecule has 0 aliphatic rings. The van der Waals surface area contributed by atoms with Gasteiger partial charge in [-0.1, -0.05) is 37.0 Å². The normalized spacial score (nSPS) is 11.8. The van der Waals surface area contributed by atoms with Crippen LogP contribution in [-0.2, 0) is 6.42 Å². The molecule has 0 unspecified atom stereocenters. The number of oxazole rings is 1. The summed E-state index contributed by atoms with van der Waals surface area (Å²) in [5, 5.41) is 10.4. The summed E-state index contributed by atoms with van der Waals surface area (Å²) in [5.74, 6) is 1.91. The molecule has 33 heavy (non-hydrogen) atoms. The Morgan fingerprint density at radius 2 is 1.91 bits per heavy atom. The van der Waals surface area contributed by atoms with Crippen molar-refractivity contribution in [2.75, 3.05) is 6.61 Å². The molecule has 5 nitrogen and oxygen atoms in total. The number of ether oxygens (including phenoxy) is 1. The van der Waals surface area contributed by atoms with Gasteiger partial charge in [0, 0.05) is 29.3 Å². The fourth-order valence-corrected chi connectivity index (χ4v) is 3.99. The van der Waals surface area contributed by atoms with Crippen molar-refractivity contribution in [3.63, 3.8) is 0 Å². The number of nitrogens with zero attached hydrogens (tertiary/aromatic N) is 1. The number of aliphatic hydroxyl groups is 1. The van der Waals surface area contributed by atoms with Gasteiger partial charge in [-0.25, -0.2) is 4.98 Å². The number of aliphatic hydroxyl groups excluding tert-OH is 1. The number of rotatable bonds is 9. The Kier molecular flexibility index (Phi) is 7.88. The first-order chi connectivity index (χ1) is 15.5. The molecule has 1 heterocycles. The smallest absolute Gasteiger partial charge is 0.228 e. The summed E-state index contributed by atoms with van der Waals surface area (Å²) in [6.07, 6.45) is 0.750. The zero-order valence-electron chi connectivity index (χ0n) is 19.5. The number of Topliss-reactive ketones (excluding diaryl/α,β-unsaturated/α-hetero) is 1. The van der Waals surface area contributed by atoms with E-state index in [2.05, 4.69) is 4.98 Å². The minimum Gasteiger partial charge on any atom is -0.485 e. The molecule has 3 aromatic rings. The Morgan fingerprint density at radius 3 is 2.52 bits per heavy atom. The van der Waals surface area contributed by atoms with Gasteiger partial charge in [0.1, 0.15) is 17.1 Å². The second kappa shape index (κ2) is 10.3. The minimum atomic E-state index is -0.692. The van der Waals surface area contributed by atoms with E-state index < -0.39 is 5.60 Å². The van der Waals surface area contributed by atoms with Crippen LogP contribution in [0.3, 0.4) is 0 Å². The molecule has 0 amide bonds. The Hall–Kier alpha value is -2.34. The molecule has 0 aliphatic heterocycles. The maximum absolute atomic E-state index is 13.0. The van der Waals surface area contributed by atoms with Gasteiger partial charge in [0.25, 0.3) is 0 Å². The molecule has 0 radical (unpaired) electrons. The Labute approximate surface area is 204 Å². The fraction of sp³-hybridized carbons (Fsp3) is 0.385. The molecular formula is C26H29Cl2NO4. The summed E-state index contributed by atoms with van der Waals surface area (Å²) in [6, 6.07) is 10.5. The van der Waals surface area contributed by atoms with E-state index in [1.165, 1.54) is 0 Å². The first-order valence-electron chi connectivity index (χ1n) is 10.9. The molecule has 1 N–H and O–H groups in total. The van der Waals surface area contributed by atoms with E-state index in [9.17, 15) is 9.90 Å².